The van der Waals surface area contributed by atoms with Gasteiger partial charge < -0.3 is 10.4 Å². The van der Waals surface area contributed by atoms with Crippen molar-refractivity contribution in [1.29, 1.82) is 0 Å². The number of halogens is 1. The van der Waals surface area contributed by atoms with Crippen LogP contribution in [0.3, 0.4) is 0 Å². The molecule has 0 spiro atoms. The number of aromatic hydroxyl groups is 1. The summed E-state index contributed by atoms with van der Waals surface area (Å²) in [5.41, 5.74) is 4.46. The Morgan fingerprint density at radius 3 is 2.31 bits per heavy atom. The minimum Gasteiger partial charge on any atom is -0.507 e. The highest BCUT2D eigenvalue weighted by Gasteiger charge is 2.15. The van der Waals surface area contributed by atoms with Crippen LogP contribution in [0, 0.1) is 20.8 Å². The molecule has 0 saturated heterocycles. The number of fused-ring (bicyclic) bond motifs is 1. The highest BCUT2D eigenvalue weighted by Crippen LogP contribution is 2.38. The molecule has 3 rings (SSSR count). The lowest BCUT2D eigenvalue weighted by molar-refractivity contribution is 0.467. The zero-order chi connectivity index (χ0) is 18.4. The highest BCUT2D eigenvalue weighted by atomic mass is 35.5. The number of phenolic OH excluding ortho intramolecular Hbond substituents is 1. The molecule has 4 N–H and O–H groups in total. The molecule has 0 bridgehead atoms. The first-order valence-corrected chi connectivity index (χ1v) is 9.99. The fraction of sp³-hybridized carbons (Fsp3) is 0.235. The maximum atomic E-state index is 11.3. The summed E-state index contributed by atoms with van der Waals surface area (Å²) in [6, 6.07) is 6.40. The molecule has 1 aromatic heterocycles. The van der Waals surface area contributed by atoms with E-state index in [1.807, 2.05) is 20.8 Å². The average molecular weight is 414 g/mol. The van der Waals surface area contributed by atoms with Gasteiger partial charge in [-0.1, -0.05) is 23.5 Å². The molecule has 0 fully saturated rings. The number of rotatable bonds is 4. The van der Waals surface area contributed by atoms with Gasteiger partial charge in [-0.05, 0) is 49.6 Å². The van der Waals surface area contributed by atoms with Crippen molar-refractivity contribution in [3.63, 3.8) is 0 Å². The molecule has 9 heteroatoms. The van der Waals surface area contributed by atoms with Crippen molar-refractivity contribution in [1.82, 2.24) is 4.98 Å². The number of aromatic nitrogens is 1. The molecular weight excluding hydrogens is 394 g/mol. The number of nitrogens with zero attached hydrogens (tertiary/aromatic N) is 1. The Morgan fingerprint density at radius 2 is 1.73 bits per heavy atom. The molecule has 0 aliphatic heterocycles. The van der Waals surface area contributed by atoms with Gasteiger partial charge in [0.1, 0.15) is 5.75 Å². The fourth-order valence-electron chi connectivity index (χ4n) is 2.62. The molecule has 140 valence electrons. The number of hydrogen-bond donors (Lipinski definition) is 3. The van der Waals surface area contributed by atoms with E-state index in [4.69, 9.17) is 5.14 Å². The number of aryl methyl sites for hydroxylation is 2. The van der Waals surface area contributed by atoms with Crippen LogP contribution in [0.2, 0.25) is 0 Å². The van der Waals surface area contributed by atoms with E-state index in [0.29, 0.717) is 12.3 Å². The molecule has 1 heterocycles. The van der Waals surface area contributed by atoms with E-state index in [9.17, 15) is 13.5 Å². The highest BCUT2D eigenvalue weighted by molar-refractivity contribution is 7.89. The molecule has 0 unspecified atom stereocenters. The van der Waals surface area contributed by atoms with Crippen LogP contribution in [0.5, 0.6) is 5.75 Å². The smallest absolute Gasteiger partial charge is 0.238 e. The van der Waals surface area contributed by atoms with Gasteiger partial charge in [-0.15, -0.1) is 12.4 Å². The van der Waals surface area contributed by atoms with E-state index < -0.39 is 10.0 Å². The average Bonchev–Trinajstić information content (AvgIpc) is 3.00. The summed E-state index contributed by atoms with van der Waals surface area (Å²) in [5.74, 6) is 0.318. The third kappa shape index (κ3) is 3.78. The Balaban J connectivity index is 0.00000243. The van der Waals surface area contributed by atoms with Crippen LogP contribution in [0.25, 0.3) is 10.2 Å². The first kappa shape index (κ1) is 20.4. The lowest BCUT2D eigenvalue weighted by Crippen LogP contribution is -2.12. The van der Waals surface area contributed by atoms with Gasteiger partial charge in [-0.3, -0.25) is 0 Å². The summed E-state index contributed by atoms with van der Waals surface area (Å²) in [7, 11) is -3.68. The van der Waals surface area contributed by atoms with Gasteiger partial charge in [-0.25, -0.2) is 18.5 Å². The van der Waals surface area contributed by atoms with E-state index in [1.165, 1.54) is 23.5 Å². The van der Waals surface area contributed by atoms with Crippen LogP contribution >= 0.6 is 23.7 Å². The van der Waals surface area contributed by atoms with Gasteiger partial charge in [0.05, 0.1) is 15.1 Å². The molecule has 0 aliphatic rings. The van der Waals surface area contributed by atoms with Crippen LogP contribution in [0.15, 0.2) is 29.2 Å². The van der Waals surface area contributed by atoms with Gasteiger partial charge in [0.15, 0.2) is 5.13 Å². The zero-order valence-corrected chi connectivity index (χ0v) is 17.0. The Bertz CT molecular complexity index is 1020. The van der Waals surface area contributed by atoms with Gasteiger partial charge >= 0.3 is 0 Å². The second-order valence-corrected chi connectivity index (χ2v) is 8.52. The quantitative estimate of drug-likeness (QED) is 0.605. The van der Waals surface area contributed by atoms with E-state index in [1.54, 1.807) is 12.1 Å². The molecule has 0 saturated carbocycles. The van der Waals surface area contributed by atoms with Crippen LogP contribution in [0.1, 0.15) is 22.3 Å². The maximum Gasteiger partial charge on any atom is 0.238 e. The van der Waals surface area contributed by atoms with Gasteiger partial charge in [0.2, 0.25) is 10.0 Å². The molecule has 6 nitrogen and oxygen atoms in total. The number of benzene rings is 2. The van der Waals surface area contributed by atoms with Crippen molar-refractivity contribution in [2.45, 2.75) is 32.2 Å². The lowest BCUT2D eigenvalue weighted by Gasteiger charge is -2.07. The molecule has 0 radical (unpaired) electrons. The molecule has 2 aromatic carbocycles. The minimum absolute atomic E-state index is 0. The van der Waals surface area contributed by atoms with Gasteiger partial charge in [0.25, 0.3) is 0 Å². The predicted molar refractivity (Wildman–Crippen MR) is 108 cm³/mol. The van der Waals surface area contributed by atoms with Crippen molar-refractivity contribution in [3.05, 3.63) is 46.5 Å². The number of nitrogens with two attached hydrogens (primary N) is 1. The molecule has 0 atom stereocenters. The van der Waals surface area contributed by atoms with Crippen molar-refractivity contribution >= 4 is 49.1 Å². The number of hydrogen-bond acceptors (Lipinski definition) is 6. The van der Waals surface area contributed by atoms with Crippen LogP contribution in [-0.4, -0.2) is 18.5 Å². The molecular formula is C17H20ClN3O3S2. The molecule has 26 heavy (non-hydrogen) atoms. The summed E-state index contributed by atoms with van der Waals surface area (Å²) in [4.78, 5) is 4.72. The van der Waals surface area contributed by atoms with Crippen LogP contribution in [0.4, 0.5) is 5.13 Å². The van der Waals surface area contributed by atoms with Crippen LogP contribution < -0.4 is 10.5 Å². The number of anilines is 1. The third-order valence-electron chi connectivity index (χ3n) is 4.29. The van der Waals surface area contributed by atoms with Crippen molar-refractivity contribution in [2.24, 2.45) is 5.14 Å². The number of sulfonamides is 1. The van der Waals surface area contributed by atoms with E-state index >= 15 is 0 Å². The number of primary sulfonamides is 1. The first-order chi connectivity index (χ1) is 11.7. The Kier molecular flexibility index (Phi) is 5.82. The second kappa shape index (κ2) is 7.40. The summed E-state index contributed by atoms with van der Waals surface area (Å²) < 4.78 is 23.5. The standard InChI is InChI=1S/C17H19N3O3S2.ClH/c1-9-10(2)15(21)11(3)16-14(9)20-17(24-16)19-8-12-4-6-13(7-5-12)25(18,22)23;/h4-7,21H,8H2,1-3H3,(H,19,20)(H2,18,22,23);1H. The monoisotopic (exact) mass is 413 g/mol. The predicted octanol–water partition coefficient (Wildman–Crippen LogP) is 3.61. The maximum absolute atomic E-state index is 11.3. The first-order valence-electron chi connectivity index (χ1n) is 7.63. The molecule has 0 amide bonds. The summed E-state index contributed by atoms with van der Waals surface area (Å²) in [6.45, 7) is 6.23. The zero-order valence-electron chi connectivity index (χ0n) is 14.5. The topological polar surface area (TPSA) is 105 Å². The van der Waals surface area contributed by atoms with E-state index in [0.717, 1.165) is 37.6 Å². The Morgan fingerprint density at radius 1 is 1.12 bits per heavy atom. The van der Waals surface area contributed by atoms with E-state index in [-0.39, 0.29) is 17.3 Å². The van der Waals surface area contributed by atoms with Gasteiger partial charge in [0, 0.05) is 12.1 Å². The van der Waals surface area contributed by atoms with Crippen LogP contribution in [-0.2, 0) is 16.6 Å². The summed E-state index contributed by atoms with van der Waals surface area (Å²) in [5, 5.41) is 19.3. The van der Waals surface area contributed by atoms with E-state index in [2.05, 4.69) is 10.3 Å². The fourth-order valence-corrected chi connectivity index (χ4v) is 4.16. The Hall–Kier alpha value is -1.87. The van der Waals surface area contributed by atoms with Crippen molar-refractivity contribution < 1.29 is 13.5 Å². The lowest BCUT2D eigenvalue weighted by atomic mass is 10.0. The summed E-state index contributed by atoms with van der Waals surface area (Å²) in [6.07, 6.45) is 0. The minimum atomic E-state index is -3.68. The van der Waals surface area contributed by atoms with Crippen molar-refractivity contribution in [3.8, 4) is 5.75 Å². The largest absolute Gasteiger partial charge is 0.507 e. The Labute approximate surface area is 162 Å². The molecule has 0 aliphatic carbocycles. The molecule has 3 aromatic rings. The number of nitrogens with one attached hydrogen (secondary N) is 1. The van der Waals surface area contributed by atoms with Gasteiger partial charge in [-0.2, -0.15) is 0 Å². The number of phenols is 1. The SMILES string of the molecule is Cc1c(O)c(C)c2sc(NCc3ccc(S(N)(=O)=O)cc3)nc2c1C.Cl. The second-order valence-electron chi connectivity index (χ2n) is 5.96. The number of thiazole rings is 1. The van der Waals surface area contributed by atoms with Crippen molar-refractivity contribution in [2.75, 3.05) is 5.32 Å². The normalized spacial score (nSPS) is 11.4. The third-order valence-corrected chi connectivity index (χ3v) is 6.35. The summed E-state index contributed by atoms with van der Waals surface area (Å²) >= 11 is 1.49.